The molecule has 4 nitrogen and oxygen atoms in total. The Morgan fingerprint density at radius 2 is 1.55 bits per heavy atom. The van der Waals surface area contributed by atoms with E-state index in [1.807, 2.05) is 6.20 Å². The molecule has 0 amide bonds. The van der Waals surface area contributed by atoms with E-state index in [2.05, 4.69) is 99.9 Å². The standard InChI is InChI=1S/C25H24N4/c1-28-20(13-12-19-8-2-5-11-24(19)28)18-26-27-23-14-15-25(29-16-6-7-17-29)22-10-4-3-9-21(22)23/h2-5,8-15,18H,6-7,16-17H2,1H3/b20-18+,27-26+. The summed E-state index contributed by atoms with van der Waals surface area (Å²) in [4.78, 5) is 4.62. The normalized spacial score (nSPS) is 17.6. The minimum absolute atomic E-state index is 0.906. The summed E-state index contributed by atoms with van der Waals surface area (Å²) in [6.45, 7) is 2.27. The maximum absolute atomic E-state index is 4.56. The maximum Gasteiger partial charge on any atom is 0.0936 e. The number of likely N-dealkylation sites (N-methyl/N-ethyl adjacent to an activating group) is 1. The minimum Gasteiger partial charge on any atom is -0.371 e. The molecular formula is C25H24N4. The molecule has 0 bridgehead atoms. The third kappa shape index (κ3) is 3.31. The van der Waals surface area contributed by atoms with Crippen molar-refractivity contribution in [3.05, 3.63) is 84.2 Å². The van der Waals surface area contributed by atoms with Crippen LogP contribution in [-0.4, -0.2) is 20.1 Å². The minimum atomic E-state index is 0.906. The molecule has 3 aromatic rings. The van der Waals surface area contributed by atoms with Crippen molar-refractivity contribution in [1.29, 1.82) is 0 Å². The lowest BCUT2D eigenvalue weighted by atomic mass is 10.1. The Balaban J connectivity index is 1.46. The molecule has 1 saturated heterocycles. The molecule has 0 aliphatic carbocycles. The van der Waals surface area contributed by atoms with Crippen molar-refractivity contribution in [2.75, 3.05) is 29.9 Å². The second kappa shape index (κ2) is 7.55. The summed E-state index contributed by atoms with van der Waals surface area (Å²) >= 11 is 0. The summed E-state index contributed by atoms with van der Waals surface area (Å²) in [5, 5.41) is 11.4. The third-order valence-electron chi connectivity index (χ3n) is 5.80. The lowest BCUT2D eigenvalue weighted by Crippen LogP contribution is -2.18. The monoisotopic (exact) mass is 380 g/mol. The molecule has 3 aromatic carbocycles. The summed E-state index contributed by atoms with van der Waals surface area (Å²) in [5.41, 5.74) is 5.63. The number of hydrogen-bond donors (Lipinski definition) is 0. The van der Waals surface area contributed by atoms with Crippen molar-refractivity contribution in [2.45, 2.75) is 12.8 Å². The smallest absolute Gasteiger partial charge is 0.0936 e. The van der Waals surface area contributed by atoms with Crippen LogP contribution in [0.3, 0.4) is 0 Å². The molecule has 5 rings (SSSR count). The van der Waals surface area contributed by atoms with Gasteiger partial charge in [-0.2, -0.15) is 10.2 Å². The highest BCUT2D eigenvalue weighted by Gasteiger charge is 2.16. The zero-order valence-electron chi connectivity index (χ0n) is 16.6. The molecule has 4 heteroatoms. The molecule has 144 valence electrons. The van der Waals surface area contributed by atoms with Crippen molar-refractivity contribution in [1.82, 2.24) is 0 Å². The fourth-order valence-corrected chi connectivity index (χ4v) is 4.23. The third-order valence-corrected chi connectivity index (χ3v) is 5.80. The SMILES string of the molecule is CN1/C(=C/N=N/c2ccc(N3CCCC3)c3ccccc23)C=Cc2ccccc21. The van der Waals surface area contributed by atoms with Gasteiger partial charge in [0.05, 0.1) is 17.6 Å². The summed E-state index contributed by atoms with van der Waals surface area (Å²) in [6.07, 6.45) is 8.57. The highest BCUT2D eigenvalue weighted by atomic mass is 15.2. The maximum atomic E-state index is 4.56. The molecule has 0 unspecified atom stereocenters. The number of benzene rings is 3. The Hall–Kier alpha value is -3.40. The Kier molecular flexibility index (Phi) is 4.60. The second-order valence-electron chi connectivity index (χ2n) is 7.56. The van der Waals surface area contributed by atoms with Gasteiger partial charge in [0.15, 0.2) is 0 Å². The average molecular weight is 380 g/mol. The Morgan fingerprint density at radius 1 is 0.793 bits per heavy atom. The fourth-order valence-electron chi connectivity index (χ4n) is 4.23. The first-order chi connectivity index (χ1) is 14.3. The van der Waals surface area contributed by atoms with Gasteiger partial charge in [-0.15, -0.1) is 0 Å². The first-order valence-electron chi connectivity index (χ1n) is 10.2. The van der Waals surface area contributed by atoms with Gasteiger partial charge in [0.1, 0.15) is 0 Å². The van der Waals surface area contributed by atoms with Gasteiger partial charge >= 0.3 is 0 Å². The highest BCUT2D eigenvalue weighted by molar-refractivity contribution is 6.01. The predicted molar refractivity (Wildman–Crippen MR) is 122 cm³/mol. The van der Waals surface area contributed by atoms with Crippen LogP contribution in [0.1, 0.15) is 18.4 Å². The number of anilines is 2. The van der Waals surface area contributed by atoms with E-state index in [1.165, 1.54) is 35.2 Å². The molecule has 2 heterocycles. The topological polar surface area (TPSA) is 31.2 Å². The van der Waals surface area contributed by atoms with Crippen LogP contribution >= 0.6 is 0 Å². The largest absolute Gasteiger partial charge is 0.371 e. The molecule has 0 N–H and O–H groups in total. The lowest BCUT2D eigenvalue weighted by Gasteiger charge is -2.25. The quantitative estimate of drug-likeness (QED) is 0.484. The van der Waals surface area contributed by atoms with E-state index in [0.29, 0.717) is 0 Å². The number of allylic oxidation sites excluding steroid dienone is 1. The van der Waals surface area contributed by atoms with Gasteiger partial charge in [0.2, 0.25) is 0 Å². The molecule has 2 aliphatic heterocycles. The number of para-hydroxylation sites is 1. The number of rotatable bonds is 3. The fraction of sp³-hybridized carbons (Fsp3) is 0.200. The Bertz CT molecular complexity index is 1140. The van der Waals surface area contributed by atoms with Gasteiger partial charge in [-0.25, -0.2) is 0 Å². The van der Waals surface area contributed by atoms with E-state index in [4.69, 9.17) is 0 Å². The van der Waals surface area contributed by atoms with Crippen LogP contribution < -0.4 is 9.80 Å². The second-order valence-corrected chi connectivity index (χ2v) is 7.56. The van der Waals surface area contributed by atoms with Crippen LogP contribution in [0.15, 0.2) is 88.9 Å². The first kappa shape index (κ1) is 17.7. The molecule has 0 aromatic heterocycles. The molecule has 29 heavy (non-hydrogen) atoms. The molecule has 0 spiro atoms. The van der Waals surface area contributed by atoms with Gasteiger partial charge in [-0.05, 0) is 42.7 Å². The molecule has 0 radical (unpaired) electrons. The van der Waals surface area contributed by atoms with Crippen molar-refractivity contribution in [2.24, 2.45) is 10.2 Å². The average Bonchev–Trinajstić information content (AvgIpc) is 3.30. The lowest BCUT2D eigenvalue weighted by molar-refractivity contribution is 0.949. The van der Waals surface area contributed by atoms with Crippen LogP contribution in [0, 0.1) is 0 Å². The number of azo groups is 1. The number of hydrogen-bond acceptors (Lipinski definition) is 4. The van der Waals surface area contributed by atoms with Crippen LogP contribution in [0.25, 0.3) is 16.8 Å². The van der Waals surface area contributed by atoms with E-state index >= 15 is 0 Å². The van der Waals surface area contributed by atoms with E-state index < -0.39 is 0 Å². The molecule has 2 aliphatic rings. The van der Waals surface area contributed by atoms with Gasteiger partial charge in [-0.3, -0.25) is 0 Å². The van der Waals surface area contributed by atoms with Crippen molar-refractivity contribution in [3.8, 4) is 0 Å². The van der Waals surface area contributed by atoms with Crippen molar-refractivity contribution < 1.29 is 0 Å². The van der Waals surface area contributed by atoms with Crippen LogP contribution in [-0.2, 0) is 0 Å². The number of fused-ring (bicyclic) bond motifs is 2. The summed E-state index contributed by atoms with van der Waals surface area (Å²) < 4.78 is 0. The molecule has 1 fully saturated rings. The van der Waals surface area contributed by atoms with Crippen LogP contribution in [0.2, 0.25) is 0 Å². The van der Waals surface area contributed by atoms with Gasteiger partial charge in [-0.1, -0.05) is 48.5 Å². The van der Waals surface area contributed by atoms with Crippen molar-refractivity contribution in [3.63, 3.8) is 0 Å². The number of nitrogens with zero attached hydrogens (tertiary/aromatic N) is 4. The van der Waals surface area contributed by atoms with E-state index in [-0.39, 0.29) is 0 Å². The van der Waals surface area contributed by atoms with Gasteiger partial charge in [0, 0.05) is 42.3 Å². The highest BCUT2D eigenvalue weighted by Crippen LogP contribution is 2.35. The van der Waals surface area contributed by atoms with Gasteiger partial charge in [0.25, 0.3) is 0 Å². The van der Waals surface area contributed by atoms with Crippen LogP contribution in [0.5, 0.6) is 0 Å². The van der Waals surface area contributed by atoms with E-state index in [9.17, 15) is 0 Å². The first-order valence-corrected chi connectivity index (χ1v) is 10.2. The zero-order valence-corrected chi connectivity index (χ0v) is 16.6. The zero-order chi connectivity index (χ0) is 19.6. The van der Waals surface area contributed by atoms with Crippen LogP contribution in [0.4, 0.5) is 17.1 Å². The van der Waals surface area contributed by atoms with E-state index in [0.717, 1.165) is 29.9 Å². The summed E-state index contributed by atoms with van der Waals surface area (Å²) in [6, 6.07) is 21.1. The predicted octanol–water partition coefficient (Wildman–Crippen LogP) is 6.53. The summed E-state index contributed by atoms with van der Waals surface area (Å²) in [5.74, 6) is 0. The summed E-state index contributed by atoms with van der Waals surface area (Å²) in [7, 11) is 2.06. The van der Waals surface area contributed by atoms with Crippen molar-refractivity contribution >= 4 is 33.9 Å². The Labute approximate surface area is 171 Å². The van der Waals surface area contributed by atoms with E-state index in [1.54, 1.807) is 0 Å². The molecular weight excluding hydrogens is 356 g/mol. The van der Waals surface area contributed by atoms with Gasteiger partial charge < -0.3 is 9.80 Å². The molecule has 0 atom stereocenters. The molecule has 0 saturated carbocycles. The Morgan fingerprint density at radius 3 is 2.41 bits per heavy atom.